The number of thiazole rings is 1. The summed E-state index contributed by atoms with van der Waals surface area (Å²) in [6, 6.07) is 53.7. The average molecular weight is 700 g/mol. The lowest BCUT2D eigenvalue weighted by atomic mass is 9.94. The van der Waals surface area contributed by atoms with Gasteiger partial charge in [-0.1, -0.05) is 134 Å². The van der Waals surface area contributed by atoms with Gasteiger partial charge in [0.25, 0.3) is 0 Å². The van der Waals surface area contributed by atoms with Gasteiger partial charge in [0, 0.05) is 41.5 Å². The molecule has 53 heavy (non-hydrogen) atoms. The Bertz CT molecular complexity index is 2500. The van der Waals surface area contributed by atoms with Gasteiger partial charge in [0.05, 0.1) is 10.6 Å². The number of hydrogen-bond acceptors (Lipinski definition) is 4. The van der Waals surface area contributed by atoms with Gasteiger partial charge in [0.1, 0.15) is 5.01 Å². The van der Waals surface area contributed by atoms with Crippen molar-refractivity contribution in [2.24, 2.45) is 0 Å². The Labute approximate surface area is 315 Å². The zero-order valence-electron chi connectivity index (χ0n) is 29.3. The van der Waals surface area contributed by atoms with Crippen LogP contribution in [0.3, 0.4) is 0 Å². The summed E-state index contributed by atoms with van der Waals surface area (Å²) in [4.78, 5) is 15.3. The minimum atomic E-state index is 0.751. The van der Waals surface area contributed by atoms with E-state index in [4.69, 9.17) is 4.98 Å². The predicted molar refractivity (Wildman–Crippen MR) is 222 cm³/mol. The second kappa shape index (κ2) is 15.8. The van der Waals surface area contributed by atoms with Crippen molar-refractivity contribution in [3.8, 4) is 44.0 Å². The first-order chi connectivity index (χ1) is 26.2. The minimum Gasteiger partial charge on any atom is -0.264 e. The molecule has 0 spiro atoms. The van der Waals surface area contributed by atoms with Crippen molar-refractivity contribution in [3.05, 3.63) is 222 Å². The number of rotatable bonds is 11. The van der Waals surface area contributed by atoms with Gasteiger partial charge in [-0.15, -0.1) is 11.3 Å². The smallest absolute Gasteiger partial charge is 0.124 e. The summed E-state index contributed by atoms with van der Waals surface area (Å²) in [5.74, 6) is 0. The topological polar surface area (TPSA) is 38.7 Å². The fourth-order valence-corrected chi connectivity index (χ4v) is 7.64. The lowest BCUT2D eigenvalue weighted by molar-refractivity contribution is 1.14. The fourth-order valence-electron chi connectivity index (χ4n) is 6.72. The monoisotopic (exact) mass is 699 g/mol. The van der Waals surface area contributed by atoms with E-state index >= 15 is 0 Å². The van der Waals surface area contributed by atoms with E-state index in [1.807, 2.05) is 43.0 Å². The third-order valence-electron chi connectivity index (χ3n) is 9.32. The Balaban J connectivity index is 1.24. The fraction of sp³-hybridized carbons (Fsp3) is 0.0408. The maximum Gasteiger partial charge on any atom is 0.124 e. The third-order valence-corrected chi connectivity index (χ3v) is 10.4. The molecule has 254 valence electrons. The Kier molecular flexibility index (Phi) is 10.0. The summed E-state index contributed by atoms with van der Waals surface area (Å²) in [5.41, 5.74) is 14.7. The highest BCUT2D eigenvalue weighted by Gasteiger charge is 2.18. The van der Waals surface area contributed by atoms with Crippen LogP contribution in [0, 0.1) is 0 Å². The van der Waals surface area contributed by atoms with Gasteiger partial charge in [-0.3, -0.25) is 9.97 Å². The number of aromatic nitrogens is 3. The molecular weight excluding hydrogens is 663 g/mol. The van der Waals surface area contributed by atoms with Crippen LogP contribution in [0.2, 0.25) is 0 Å². The number of benzene rings is 5. The molecule has 3 aromatic heterocycles. The molecule has 3 heterocycles. The van der Waals surface area contributed by atoms with Crippen LogP contribution in [-0.2, 0) is 12.8 Å². The van der Waals surface area contributed by atoms with Crippen molar-refractivity contribution >= 4 is 23.0 Å². The molecule has 0 N–H and O–H groups in total. The quantitative estimate of drug-likeness (QED) is 0.135. The van der Waals surface area contributed by atoms with Crippen LogP contribution in [0.5, 0.6) is 0 Å². The molecule has 4 heteroatoms. The van der Waals surface area contributed by atoms with E-state index in [1.54, 1.807) is 11.3 Å². The Hall–Kier alpha value is -6.49. The maximum atomic E-state index is 5.44. The minimum absolute atomic E-state index is 0.751. The molecule has 0 aliphatic carbocycles. The summed E-state index contributed by atoms with van der Waals surface area (Å²) in [5, 5.41) is 0.948. The van der Waals surface area contributed by atoms with E-state index in [2.05, 4.69) is 162 Å². The third kappa shape index (κ3) is 7.89. The molecule has 0 saturated carbocycles. The molecule has 0 unspecified atom stereocenters. The van der Waals surface area contributed by atoms with Gasteiger partial charge >= 0.3 is 0 Å². The Morgan fingerprint density at radius 2 is 1.15 bits per heavy atom. The van der Waals surface area contributed by atoms with Gasteiger partial charge in [-0.05, 0) is 99.3 Å². The van der Waals surface area contributed by atoms with Crippen LogP contribution < -0.4 is 0 Å². The van der Waals surface area contributed by atoms with Crippen LogP contribution in [0.25, 0.3) is 55.6 Å². The highest BCUT2D eigenvalue weighted by molar-refractivity contribution is 7.16. The zero-order chi connectivity index (χ0) is 35.8. The number of allylic oxidation sites excluding steroid dienone is 1. The molecule has 0 amide bonds. The first-order valence-corrected chi connectivity index (χ1v) is 18.6. The predicted octanol–water partition coefficient (Wildman–Crippen LogP) is 12.5. The highest BCUT2D eigenvalue weighted by atomic mass is 32.1. The van der Waals surface area contributed by atoms with Crippen molar-refractivity contribution in [1.29, 1.82) is 0 Å². The molecule has 0 bridgehead atoms. The summed E-state index contributed by atoms with van der Waals surface area (Å²) >= 11 is 1.68. The van der Waals surface area contributed by atoms with Crippen molar-refractivity contribution in [2.45, 2.75) is 12.8 Å². The van der Waals surface area contributed by atoms with Gasteiger partial charge in [0.2, 0.25) is 0 Å². The molecule has 0 atom stereocenters. The second-order valence-corrected chi connectivity index (χ2v) is 14.0. The van der Waals surface area contributed by atoms with Gasteiger partial charge < -0.3 is 0 Å². The second-order valence-electron chi connectivity index (χ2n) is 13.0. The molecule has 3 nitrogen and oxygen atoms in total. The molecule has 0 radical (unpaired) electrons. The molecule has 5 aromatic carbocycles. The first kappa shape index (κ1) is 33.6. The van der Waals surface area contributed by atoms with Crippen LogP contribution in [0.1, 0.15) is 32.8 Å². The number of nitrogens with zero attached hydrogens (tertiary/aromatic N) is 3. The van der Waals surface area contributed by atoms with Crippen molar-refractivity contribution in [1.82, 2.24) is 15.0 Å². The largest absolute Gasteiger partial charge is 0.264 e. The lowest BCUT2D eigenvalue weighted by Crippen LogP contribution is -1.95. The van der Waals surface area contributed by atoms with Crippen molar-refractivity contribution in [3.63, 3.8) is 0 Å². The standard InChI is InChI=1S/C49H37N3S/c1-2-47-48(52-49(53-47)45-30-37(27-36-14-11-25-50-33-36)29-44(32-45)43-22-12-26-51-34-43)46(42-21-10-20-41(31-42)39-17-7-4-8-18-39)24-23-35-13-9-19-40(28-35)38-15-5-3-6-16-38/h2-22,24-26,28-34H,1,23,27H2/b46-24-. The zero-order valence-corrected chi connectivity index (χ0v) is 30.1. The lowest BCUT2D eigenvalue weighted by Gasteiger charge is -2.11. The molecule has 0 aliphatic heterocycles. The molecule has 0 saturated heterocycles. The van der Waals surface area contributed by atoms with E-state index in [9.17, 15) is 0 Å². The van der Waals surface area contributed by atoms with Gasteiger partial charge in [-0.25, -0.2) is 4.98 Å². The van der Waals surface area contributed by atoms with E-state index in [1.165, 1.54) is 33.4 Å². The van der Waals surface area contributed by atoms with Crippen LogP contribution >= 0.6 is 11.3 Å². The van der Waals surface area contributed by atoms with Crippen LogP contribution in [0.4, 0.5) is 0 Å². The summed E-state index contributed by atoms with van der Waals surface area (Å²) < 4.78 is 0. The highest BCUT2D eigenvalue weighted by Crippen LogP contribution is 2.38. The first-order valence-electron chi connectivity index (χ1n) is 17.8. The molecule has 8 aromatic rings. The molecular formula is C49H37N3S. The summed E-state index contributed by atoms with van der Waals surface area (Å²) in [7, 11) is 0. The maximum absolute atomic E-state index is 5.44. The normalized spacial score (nSPS) is 11.4. The van der Waals surface area contributed by atoms with E-state index in [-0.39, 0.29) is 0 Å². The number of pyridine rings is 2. The van der Waals surface area contributed by atoms with Crippen LogP contribution in [0.15, 0.2) is 189 Å². The van der Waals surface area contributed by atoms with Gasteiger partial charge in [0.15, 0.2) is 0 Å². The van der Waals surface area contributed by atoms with Gasteiger partial charge in [-0.2, -0.15) is 0 Å². The SMILES string of the molecule is C=Cc1sc(-c2cc(Cc3cccnc3)cc(-c3cccnc3)c2)nc1/C(=C\Cc1cccc(-c2ccccc2)c1)c1cccc(-c2ccccc2)c1. The average Bonchev–Trinajstić information content (AvgIpc) is 3.67. The number of hydrogen-bond donors (Lipinski definition) is 0. The summed E-state index contributed by atoms with van der Waals surface area (Å²) in [6.45, 7) is 4.27. The van der Waals surface area contributed by atoms with E-state index in [0.29, 0.717) is 0 Å². The van der Waals surface area contributed by atoms with Crippen LogP contribution in [-0.4, -0.2) is 15.0 Å². The van der Waals surface area contributed by atoms with E-state index < -0.39 is 0 Å². The van der Waals surface area contributed by atoms with E-state index in [0.717, 1.165) is 61.8 Å². The van der Waals surface area contributed by atoms with Crippen molar-refractivity contribution in [2.75, 3.05) is 0 Å². The van der Waals surface area contributed by atoms with Crippen molar-refractivity contribution < 1.29 is 0 Å². The molecule has 8 rings (SSSR count). The summed E-state index contributed by atoms with van der Waals surface area (Å²) in [6.07, 6.45) is 13.3. The molecule has 0 aliphatic rings. The Morgan fingerprint density at radius 3 is 1.85 bits per heavy atom. The Morgan fingerprint density at radius 1 is 0.528 bits per heavy atom. The molecule has 0 fully saturated rings.